The SMILES string of the molecule is O=C(Nc1cccnc1C(=O)N1CCSC(C(=O)O)C1)OCC1c2ccccc2-c2ccccc21. The van der Waals surface area contributed by atoms with E-state index >= 15 is 0 Å². The number of ether oxygens (including phenoxy) is 1. The predicted octanol–water partition coefficient (Wildman–Crippen LogP) is 4.08. The predicted molar refractivity (Wildman–Crippen MR) is 133 cm³/mol. The number of thioether (sulfide) groups is 1. The third-order valence-electron chi connectivity index (χ3n) is 6.22. The van der Waals surface area contributed by atoms with E-state index in [0.717, 1.165) is 22.3 Å². The summed E-state index contributed by atoms with van der Waals surface area (Å²) in [5, 5.41) is 11.3. The first kappa shape index (κ1) is 22.9. The van der Waals surface area contributed by atoms with Gasteiger partial charge in [0.15, 0.2) is 5.69 Å². The monoisotopic (exact) mass is 489 g/mol. The normalized spacial score (nSPS) is 16.8. The molecule has 8 nitrogen and oxygen atoms in total. The summed E-state index contributed by atoms with van der Waals surface area (Å²) < 4.78 is 5.59. The Hall–Kier alpha value is -3.85. The number of anilines is 1. The smallest absolute Gasteiger partial charge is 0.411 e. The van der Waals surface area contributed by atoms with Crippen LogP contribution in [-0.2, 0) is 9.53 Å². The van der Waals surface area contributed by atoms with E-state index < -0.39 is 23.2 Å². The molecule has 1 fully saturated rings. The first-order valence-corrected chi connectivity index (χ1v) is 12.3. The Bertz CT molecular complexity index is 1250. The van der Waals surface area contributed by atoms with Crippen molar-refractivity contribution in [3.05, 3.63) is 83.7 Å². The van der Waals surface area contributed by atoms with Crippen molar-refractivity contribution in [3.8, 4) is 11.1 Å². The van der Waals surface area contributed by atoms with Crippen molar-refractivity contribution in [1.82, 2.24) is 9.88 Å². The van der Waals surface area contributed by atoms with Crippen molar-refractivity contribution >= 4 is 35.4 Å². The standard InChI is InChI=1S/C26H23N3O5S/c30-24(29-12-13-35-22(14-29)25(31)32)23-21(10-5-11-27-23)28-26(33)34-15-20-18-8-3-1-6-16(18)17-7-2-4-9-19(17)20/h1-11,20,22H,12-15H2,(H,28,33)(H,31,32). The van der Waals surface area contributed by atoms with Crippen molar-refractivity contribution in [2.24, 2.45) is 0 Å². The molecule has 1 aliphatic heterocycles. The molecule has 1 unspecified atom stereocenters. The first-order chi connectivity index (χ1) is 17.0. The van der Waals surface area contributed by atoms with Crippen molar-refractivity contribution in [2.75, 3.05) is 30.8 Å². The average Bonchev–Trinajstić information content (AvgIpc) is 3.21. The fraction of sp³-hybridized carbons (Fsp3) is 0.231. The average molecular weight is 490 g/mol. The minimum absolute atomic E-state index is 0.0528. The largest absolute Gasteiger partial charge is 0.480 e. The summed E-state index contributed by atoms with van der Waals surface area (Å²) in [5.74, 6) is -0.941. The molecular weight excluding hydrogens is 466 g/mol. The third-order valence-corrected chi connectivity index (χ3v) is 7.39. The van der Waals surface area contributed by atoms with Crippen LogP contribution < -0.4 is 5.32 Å². The molecule has 1 saturated heterocycles. The number of carbonyl (C=O) groups excluding carboxylic acids is 2. The van der Waals surface area contributed by atoms with Gasteiger partial charge in [-0.1, -0.05) is 48.5 Å². The number of hydrogen-bond acceptors (Lipinski definition) is 6. The Morgan fingerprint density at radius 1 is 1.03 bits per heavy atom. The number of rotatable bonds is 5. The first-order valence-electron chi connectivity index (χ1n) is 11.2. The summed E-state index contributed by atoms with van der Waals surface area (Å²) in [4.78, 5) is 42.8. The molecule has 1 aliphatic carbocycles. The number of carbonyl (C=O) groups is 3. The van der Waals surface area contributed by atoms with Gasteiger partial charge in [-0.2, -0.15) is 0 Å². The molecular formula is C26H23N3O5S. The van der Waals surface area contributed by atoms with Crippen LogP contribution in [0.2, 0.25) is 0 Å². The maximum Gasteiger partial charge on any atom is 0.411 e. The number of nitrogens with one attached hydrogen (secondary N) is 1. The molecule has 3 aromatic rings. The molecule has 0 spiro atoms. The lowest BCUT2D eigenvalue weighted by Gasteiger charge is -2.30. The molecule has 35 heavy (non-hydrogen) atoms. The highest BCUT2D eigenvalue weighted by atomic mass is 32.2. The molecule has 1 aromatic heterocycles. The zero-order valence-electron chi connectivity index (χ0n) is 18.7. The highest BCUT2D eigenvalue weighted by molar-refractivity contribution is 8.00. The molecule has 9 heteroatoms. The Kier molecular flexibility index (Phi) is 6.41. The van der Waals surface area contributed by atoms with Gasteiger partial charge in [-0.3, -0.25) is 14.9 Å². The Morgan fingerprint density at radius 3 is 2.40 bits per heavy atom. The molecule has 5 rings (SSSR count). The fourth-order valence-corrected chi connectivity index (χ4v) is 5.59. The second-order valence-electron chi connectivity index (χ2n) is 8.30. The van der Waals surface area contributed by atoms with Gasteiger partial charge in [0.2, 0.25) is 0 Å². The summed E-state index contributed by atoms with van der Waals surface area (Å²) in [6.07, 6.45) is 0.773. The van der Waals surface area contributed by atoms with Crippen molar-refractivity contribution in [3.63, 3.8) is 0 Å². The lowest BCUT2D eigenvalue weighted by molar-refractivity contribution is -0.136. The number of aromatic nitrogens is 1. The minimum atomic E-state index is -0.953. The molecule has 2 heterocycles. The number of carboxylic acid groups (broad SMARTS) is 1. The summed E-state index contributed by atoms with van der Waals surface area (Å²) in [7, 11) is 0. The Labute approximate surface area is 206 Å². The number of benzene rings is 2. The maximum atomic E-state index is 13.1. The number of hydrogen-bond donors (Lipinski definition) is 2. The molecule has 0 saturated carbocycles. The van der Waals surface area contributed by atoms with Crippen LogP contribution in [0.15, 0.2) is 66.9 Å². The highest BCUT2D eigenvalue weighted by Gasteiger charge is 2.32. The van der Waals surface area contributed by atoms with Gasteiger partial charge in [-0.05, 0) is 34.4 Å². The lowest BCUT2D eigenvalue weighted by Crippen LogP contribution is -2.45. The van der Waals surface area contributed by atoms with Gasteiger partial charge >= 0.3 is 12.1 Å². The van der Waals surface area contributed by atoms with E-state index in [2.05, 4.69) is 22.4 Å². The van der Waals surface area contributed by atoms with Crippen LogP contribution in [0.5, 0.6) is 0 Å². The van der Waals surface area contributed by atoms with Crippen LogP contribution in [0.25, 0.3) is 11.1 Å². The topological polar surface area (TPSA) is 109 Å². The summed E-state index contributed by atoms with van der Waals surface area (Å²) >= 11 is 1.31. The Balaban J connectivity index is 1.28. The van der Waals surface area contributed by atoms with E-state index in [1.54, 1.807) is 12.1 Å². The van der Waals surface area contributed by atoms with E-state index in [1.807, 2.05) is 36.4 Å². The summed E-state index contributed by atoms with van der Waals surface area (Å²) in [6.45, 7) is 0.640. The molecule has 0 bridgehead atoms. The van der Waals surface area contributed by atoms with Gasteiger partial charge in [-0.25, -0.2) is 9.78 Å². The fourth-order valence-electron chi connectivity index (χ4n) is 4.55. The van der Waals surface area contributed by atoms with Crippen LogP contribution in [0, 0.1) is 0 Å². The van der Waals surface area contributed by atoms with E-state index in [4.69, 9.17) is 4.74 Å². The van der Waals surface area contributed by atoms with Crippen LogP contribution in [0.1, 0.15) is 27.5 Å². The molecule has 2 aliphatic rings. The van der Waals surface area contributed by atoms with E-state index in [1.165, 1.54) is 22.9 Å². The second-order valence-corrected chi connectivity index (χ2v) is 9.61. The number of fused-ring (bicyclic) bond motifs is 3. The van der Waals surface area contributed by atoms with Gasteiger partial charge in [0, 0.05) is 31.0 Å². The number of pyridine rings is 1. The van der Waals surface area contributed by atoms with Crippen LogP contribution in [0.3, 0.4) is 0 Å². The number of nitrogens with zero attached hydrogens (tertiary/aromatic N) is 2. The van der Waals surface area contributed by atoms with Gasteiger partial charge in [0.1, 0.15) is 11.9 Å². The van der Waals surface area contributed by atoms with Crippen molar-refractivity contribution in [1.29, 1.82) is 0 Å². The highest BCUT2D eigenvalue weighted by Crippen LogP contribution is 2.44. The van der Waals surface area contributed by atoms with E-state index in [9.17, 15) is 19.5 Å². The molecule has 2 aromatic carbocycles. The zero-order valence-corrected chi connectivity index (χ0v) is 19.5. The van der Waals surface area contributed by atoms with Crippen LogP contribution >= 0.6 is 11.8 Å². The number of amides is 2. The summed E-state index contributed by atoms with van der Waals surface area (Å²) in [6, 6.07) is 19.3. The zero-order chi connectivity index (χ0) is 24.4. The van der Waals surface area contributed by atoms with Crippen LogP contribution in [0.4, 0.5) is 10.5 Å². The molecule has 1 atom stereocenters. The Morgan fingerprint density at radius 2 is 1.71 bits per heavy atom. The minimum Gasteiger partial charge on any atom is -0.480 e. The number of carboxylic acids is 1. The van der Waals surface area contributed by atoms with E-state index in [0.29, 0.717) is 12.3 Å². The van der Waals surface area contributed by atoms with E-state index in [-0.39, 0.29) is 30.5 Å². The molecule has 2 amide bonds. The van der Waals surface area contributed by atoms with Gasteiger partial charge in [-0.15, -0.1) is 11.8 Å². The third kappa shape index (κ3) is 4.59. The molecule has 2 N–H and O–H groups in total. The van der Waals surface area contributed by atoms with Crippen molar-refractivity contribution in [2.45, 2.75) is 11.2 Å². The molecule has 178 valence electrons. The lowest BCUT2D eigenvalue weighted by atomic mass is 9.98. The maximum absolute atomic E-state index is 13.1. The summed E-state index contributed by atoms with van der Waals surface area (Å²) in [5.41, 5.74) is 4.76. The molecule has 0 radical (unpaired) electrons. The van der Waals surface area contributed by atoms with Crippen molar-refractivity contribution < 1.29 is 24.2 Å². The van der Waals surface area contributed by atoms with Gasteiger partial charge in [0.25, 0.3) is 5.91 Å². The second kappa shape index (κ2) is 9.79. The van der Waals surface area contributed by atoms with Gasteiger partial charge < -0.3 is 14.7 Å². The van der Waals surface area contributed by atoms with Gasteiger partial charge in [0.05, 0.1) is 5.69 Å². The number of aliphatic carboxylic acids is 1. The van der Waals surface area contributed by atoms with Crippen LogP contribution in [-0.4, -0.2) is 63.7 Å². The quantitative estimate of drug-likeness (QED) is 0.556.